The fourth-order valence-corrected chi connectivity index (χ4v) is 11.0. The van der Waals surface area contributed by atoms with Gasteiger partial charge in [-0.05, 0) is 19.3 Å². The predicted molar refractivity (Wildman–Crippen MR) is 322 cm³/mol. The van der Waals surface area contributed by atoms with E-state index >= 15 is 0 Å². The van der Waals surface area contributed by atoms with Gasteiger partial charge in [0.1, 0.15) is 18.8 Å². The van der Waals surface area contributed by atoms with E-state index in [0.29, 0.717) is 19.3 Å². The van der Waals surface area contributed by atoms with Crippen molar-refractivity contribution in [1.29, 1.82) is 0 Å². The van der Waals surface area contributed by atoms with E-state index in [1.165, 1.54) is 238 Å². The molecule has 79 heavy (non-hydrogen) atoms. The average molecular weight is 1120 g/mol. The number of aliphatic hydroxyl groups is 2. The van der Waals surface area contributed by atoms with E-state index < -0.39 is 67.3 Å². The van der Waals surface area contributed by atoms with Crippen molar-refractivity contribution in [2.45, 2.75) is 391 Å². The molecule has 1 aliphatic heterocycles. The van der Waals surface area contributed by atoms with Crippen molar-refractivity contribution in [3.05, 3.63) is 0 Å². The lowest BCUT2D eigenvalue weighted by atomic mass is 9.98. The summed E-state index contributed by atoms with van der Waals surface area (Å²) in [4.78, 5) is 51.4. The Morgan fingerprint density at radius 2 is 0.646 bits per heavy atom. The zero-order valence-electron chi connectivity index (χ0n) is 51.7. The van der Waals surface area contributed by atoms with Crippen molar-refractivity contribution < 1.29 is 58.2 Å². The van der Waals surface area contributed by atoms with Gasteiger partial charge >= 0.3 is 23.9 Å². The number of carboxylic acids is 1. The summed E-state index contributed by atoms with van der Waals surface area (Å²) in [6, 6.07) is 0. The van der Waals surface area contributed by atoms with Gasteiger partial charge in [0, 0.05) is 19.3 Å². The van der Waals surface area contributed by atoms with Gasteiger partial charge in [0.15, 0.2) is 24.6 Å². The first-order chi connectivity index (χ1) is 38.6. The Bertz CT molecular complexity index is 1380. The van der Waals surface area contributed by atoms with Gasteiger partial charge < -0.3 is 39.0 Å². The third kappa shape index (κ3) is 45.9. The number of aliphatic hydroxyl groups excluding tert-OH is 2. The number of carbonyl (C=O) groups excluding carboxylic acids is 3. The van der Waals surface area contributed by atoms with Crippen LogP contribution in [-0.4, -0.2) is 89.2 Å². The molecule has 1 fully saturated rings. The fraction of sp³-hybridized carbons (Fsp3) is 0.940. The molecule has 3 N–H and O–H groups in total. The highest BCUT2D eigenvalue weighted by atomic mass is 16.7. The van der Waals surface area contributed by atoms with E-state index in [1.54, 1.807) is 0 Å². The minimum Gasteiger partial charge on any atom is -0.479 e. The van der Waals surface area contributed by atoms with Crippen LogP contribution >= 0.6 is 0 Å². The number of hydrogen-bond donors (Lipinski definition) is 3. The highest BCUT2D eigenvalue weighted by Gasteiger charge is 2.50. The Balaban J connectivity index is 2.61. The Kier molecular flexibility index (Phi) is 53.2. The van der Waals surface area contributed by atoms with E-state index in [0.717, 1.165) is 57.8 Å². The first-order valence-corrected chi connectivity index (χ1v) is 34.0. The number of esters is 3. The molecule has 1 rings (SSSR count). The van der Waals surface area contributed by atoms with E-state index in [9.17, 15) is 34.5 Å². The molecular formula is C67H126O12. The lowest BCUT2D eigenvalue weighted by Gasteiger charge is -2.40. The van der Waals surface area contributed by atoms with Crippen molar-refractivity contribution in [3.63, 3.8) is 0 Å². The van der Waals surface area contributed by atoms with E-state index in [-0.39, 0.29) is 25.9 Å². The van der Waals surface area contributed by atoms with Crippen molar-refractivity contribution in [2.24, 2.45) is 0 Å². The molecule has 0 radical (unpaired) electrons. The first kappa shape index (κ1) is 74.7. The van der Waals surface area contributed by atoms with Crippen LogP contribution in [0.4, 0.5) is 0 Å². The maximum atomic E-state index is 13.2. The number of rotatable bonds is 60. The summed E-state index contributed by atoms with van der Waals surface area (Å²) in [6.07, 6.45) is 50.6. The molecule has 0 aliphatic carbocycles. The molecule has 12 nitrogen and oxygen atoms in total. The van der Waals surface area contributed by atoms with Crippen LogP contribution in [-0.2, 0) is 42.9 Å². The first-order valence-electron chi connectivity index (χ1n) is 34.0. The zero-order chi connectivity index (χ0) is 57.5. The molecule has 0 saturated carbocycles. The van der Waals surface area contributed by atoms with E-state index in [2.05, 4.69) is 20.8 Å². The van der Waals surface area contributed by atoms with Crippen molar-refractivity contribution in [3.8, 4) is 0 Å². The quantitative estimate of drug-likeness (QED) is 0.0299. The number of carbonyl (C=O) groups is 4. The van der Waals surface area contributed by atoms with Crippen LogP contribution in [0, 0.1) is 0 Å². The van der Waals surface area contributed by atoms with Crippen LogP contribution in [0.2, 0.25) is 0 Å². The Morgan fingerprint density at radius 1 is 0.367 bits per heavy atom. The van der Waals surface area contributed by atoms with Gasteiger partial charge in [0.2, 0.25) is 0 Å². The van der Waals surface area contributed by atoms with E-state index in [1.807, 2.05) is 0 Å². The molecule has 0 bridgehead atoms. The normalized spacial score (nSPS) is 17.7. The third-order valence-electron chi connectivity index (χ3n) is 16.2. The van der Waals surface area contributed by atoms with Gasteiger partial charge in [0.25, 0.3) is 0 Å². The Labute approximate surface area is 484 Å². The SMILES string of the molecule is CCCCCCCCCCCCCCCCCCCC(=O)OCC(COC1OC(C(=O)O)C(O)C(O)C1OC(=O)CCCCCCCCCCCCCCCCCCC)OC(=O)CCCCCCCCCCCCCCCCC. The standard InChI is InChI=1S/C67H126O12/c1-4-7-10-13-16-19-22-25-28-30-33-35-38-41-44-47-50-53-59(68)75-56-58(77-60(69)54-51-48-45-42-39-36-32-27-24-21-18-15-12-9-6-3)57-76-67-65(63(72)62(71)64(79-67)66(73)74)78-61(70)55-52-49-46-43-40-37-34-31-29-26-23-20-17-14-11-8-5-2/h58,62-65,67,71-72H,4-57H2,1-3H3,(H,73,74). The van der Waals surface area contributed by atoms with Crippen LogP contribution in [0.1, 0.15) is 355 Å². The molecule has 1 saturated heterocycles. The highest BCUT2D eigenvalue weighted by Crippen LogP contribution is 2.27. The number of unbranched alkanes of at least 4 members (excludes halogenated alkanes) is 46. The minimum absolute atomic E-state index is 0.0714. The lowest BCUT2D eigenvalue weighted by Crippen LogP contribution is -2.61. The molecule has 6 unspecified atom stereocenters. The summed E-state index contributed by atoms with van der Waals surface area (Å²) in [5, 5.41) is 31.6. The largest absolute Gasteiger partial charge is 0.479 e. The smallest absolute Gasteiger partial charge is 0.335 e. The van der Waals surface area contributed by atoms with Crippen molar-refractivity contribution in [2.75, 3.05) is 13.2 Å². The second kappa shape index (κ2) is 56.2. The maximum absolute atomic E-state index is 13.2. The monoisotopic (exact) mass is 1120 g/mol. The summed E-state index contributed by atoms with van der Waals surface area (Å²) in [6.45, 7) is 6.08. The van der Waals surface area contributed by atoms with Gasteiger partial charge in [0.05, 0.1) is 6.61 Å². The molecule has 12 heteroatoms. The molecule has 0 aromatic heterocycles. The molecule has 1 heterocycles. The molecule has 0 amide bonds. The van der Waals surface area contributed by atoms with Crippen LogP contribution in [0.5, 0.6) is 0 Å². The minimum atomic E-state index is -1.89. The summed E-state index contributed by atoms with van der Waals surface area (Å²) >= 11 is 0. The topological polar surface area (TPSA) is 175 Å². The number of carboxylic acid groups (broad SMARTS) is 1. The summed E-state index contributed by atoms with van der Waals surface area (Å²) in [7, 11) is 0. The molecule has 0 spiro atoms. The zero-order valence-corrected chi connectivity index (χ0v) is 51.7. The Morgan fingerprint density at radius 3 is 0.949 bits per heavy atom. The number of hydrogen-bond acceptors (Lipinski definition) is 11. The van der Waals surface area contributed by atoms with E-state index in [4.69, 9.17) is 23.7 Å². The second-order valence-corrected chi connectivity index (χ2v) is 23.8. The van der Waals surface area contributed by atoms with Crippen LogP contribution < -0.4 is 0 Å². The summed E-state index contributed by atoms with van der Waals surface area (Å²) in [5.74, 6) is -3.06. The molecule has 6 atom stereocenters. The summed E-state index contributed by atoms with van der Waals surface area (Å²) < 4.78 is 28.6. The maximum Gasteiger partial charge on any atom is 0.335 e. The van der Waals surface area contributed by atoms with Crippen LogP contribution in [0.15, 0.2) is 0 Å². The second-order valence-electron chi connectivity index (χ2n) is 23.8. The molecule has 466 valence electrons. The van der Waals surface area contributed by atoms with Crippen LogP contribution in [0.25, 0.3) is 0 Å². The highest BCUT2D eigenvalue weighted by molar-refractivity contribution is 5.74. The third-order valence-corrected chi connectivity index (χ3v) is 16.2. The van der Waals surface area contributed by atoms with Crippen molar-refractivity contribution in [1.82, 2.24) is 0 Å². The molecule has 0 aromatic carbocycles. The molecule has 1 aliphatic rings. The van der Waals surface area contributed by atoms with Gasteiger partial charge in [-0.15, -0.1) is 0 Å². The Hall–Kier alpha value is -2.28. The van der Waals surface area contributed by atoms with Crippen LogP contribution in [0.3, 0.4) is 0 Å². The molecular weight excluding hydrogens is 997 g/mol. The van der Waals surface area contributed by atoms with Gasteiger partial charge in [-0.2, -0.15) is 0 Å². The predicted octanol–water partition coefficient (Wildman–Crippen LogP) is 18.2. The fourth-order valence-electron chi connectivity index (χ4n) is 11.0. The number of aliphatic carboxylic acids is 1. The van der Waals surface area contributed by atoms with Gasteiger partial charge in [-0.25, -0.2) is 4.79 Å². The average Bonchev–Trinajstić information content (AvgIpc) is 3.47. The number of ether oxygens (including phenoxy) is 5. The lowest BCUT2D eigenvalue weighted by molar-refractivity contribution is -0.301. The summed E-state index contributed by atoms with van der Waals surface area (Å²) in [5.41, 5.74) is 0. The van der Waals surface area contributed by atoms with Gasteiger partial charge in [-0.3, -0.25) is 14.4 Å². The van der Waals surface area contributed by atoms with Gasteiger partial charge in [-0.1, -0.05) is 316 Å². The molecule has 0 aromatic rings. The van der Waals surface area contributed by atoms with Crippen molar-refractivity contribution >= 4 is 23.9 Å².